The molecule has 1 atom stereocenters. The molecule has 5 nitrogen and oxygen atoms in total. The summed E-state index contributed by atoms with van der Waals surface area (Å²) in [4.78, 5) is 35.9. The average molecular weight is 394 g/mol. The first-order valence-corrected chi connectivity index (χ1v) is 9.33. The Balaban J connectivity index is 1.96. The van der Waals surface area contributed by atoms with Gasteiger partial charge in [-0.05, 0) is 41.7 Å². The molecule has 2 aromatic rings. The molecule has 0 saturated heterocycles. The number of carbonyl (C=O) groups excluding carboxylic acids is 3. The predicted octanol–water partition coefficient (Wildman–Crippen LogP) is 4.60. The first-order chi connectivity index (χ1) is 13.6. The molecule has 0 spiro atoms. The second-order valence-corrected chi connectivity index (χ2v) is 7.72. The van der Waals surface area contributed by atoms with E-state index >= 15 is 0 Å². The van der Waals surface area contributed by atoms with E-state index in [2.05, 4.69) is 25.5 Å². The zero-order chi connectivity index (χ0) is 21.6. The predicted molar refractivity (Wildman–Crippen MR) is 112 cm³/mol. The van der Waals surface area contributed by atoms with E-state index in [1.807, 2.05) is 12.1 Å². The van der Waals surface area contributed by atoms with Crippen molar-refractivity contribution in [2.24, 2.45) is 0 Å². The van der Waals surface area contributed by atoms with Crippen molar-refractivity contribution >= 4 is 23.8 Å². The molecule has 152 valence electrons. The minimum Gasteiger partial charge on any atom is -0.465 e. The molecule has 0 aliphatic rings. The summed E-state index contributed by atoms with van der Waals surface area (Å²) >= 11 is 0. The van der Waals surface area contributed by atoms with E-state index in [0.29, 0.717) is 16.7 Å². The van der Waals surface area contributed by atoms with E-state index in [1.165, 1.54) is 13.2 Å². The highest BCUT2D eigenvalue weighted by Gasteiger charge is 2.20. The molecule has 0 saturated carbocycles. The fourth-order valence-electron chi connectivity index (χ4n) is 2.65. The van der Waals surface area contributed by atoms with E-state index in [-0.39, 0.29) is 11.2 Å². The van der Waals surface area contributed by atoms with Gasteiger partial charge < -0.3 is 9.47 Å². The van der Waals surface area contributed by atoms with Crippen LogP contribution in [0.4, 0.5) is 0 Å². The molecule has 0 aliphatic heterocycles. The van der Waals surface area contributed by atoms with Crippen LogP contribution in [0.2, 0.25) is 0 Å². The number of hydrogen-bond donors (Lipinski definition) is 0. The van der Waals surface area contributed by atoms with Crippen molar-refractivity contribution in [3.63, 3.8) is 0 Å². The number of rotatable bonds is 6. The van der Waals surface area contributed by atoms with E-state index in [9.17, 15) is 14.4 Å². The number of ketones is 1. The van der Waals surface area contributed by atoms with Gasteiger partial charge in [0.1, 0.15) is 0 Å². The second-order valence-electron chi connectivity index (χ2n) is 7.72. The lowest BCUT2D eigenvalue weighted by Crippen LogP contribution is -2.23. The zero-order valence-electron chi connectivity index (χ0n) is 17.4. The Kier molecular flexibility index (Phi) is 7.10. The van der Waals surface area contributed by atoms with Crippen molar-refractivity contribution in [1.82, 2.24) is 0 Å². The third kappa shape index (κ3) is 6.14. The molecule has 0 amide bonds. The highest BCUT2D eigenvalue weighted by Crippen LogP contribution is 2.22. The Hall–Kier alpha value is -3.21. The monoisotopic (exact) mass is 394 g/mol. The number of ether oxygens (including phenoxy) is 2. The molecule has 0 aliphatic carbocycles. The maximum Gasteiger partial charge on any atom is 0.337 e. The van der Waals surface area contributed by atoms with Crippen LogP contribution in [0.3, 0.4) is 0 Å². The van der Waals surface area contributed by atoms with Crippen LogP contribution in [0.25, 0.3) is 6.08 Å². The summed E-state index contributed by atoms with van der Waals surface area (Å²) < 4.78 is 9.85. The van der Waals surface area contributed by atoms with E-state index < -0.39 is 18.0 Å². The van der Waals surface area contributed by atoms with Crippen LogP contribution in [-0.4, -0.2) is 30.9 Å². The minimum atomic E-state index is -0.894. The van der Waals surface area contributed by atoms with Crippen molar-refractivity contribution in [2.75, 3.05) is 7.11 Å². The smallest absolute Gasteiger partial charge is 0.337 e. The van der Waals surface area contributed by atoms with Crippen LogP contribution in [0.5, 0.6) is 0 Å². The normalized spacial score (nSPS) is 12.4. The van der Waals surface area contributed by atoms with Gasteiger partial charge in [0.25, 0.3) is 0 Å². The maximum absolute atomic E-state index is 12.5. The van der Waals surface area contributed by atoms with Gasteiger partial charge in [0.05, 0.1) is 12.7 Å². The SMILES string of the molecule is COC(=O)c1ccc(/C=C/C(=O)O[C@@H](C)C(=O)c2ccc(C(C)(C)C)cc2)cc1. The van der Waals surface area contributed by atoms with Crippen LogP contribution in [-0.2, 0) is 19.7 Å². The summed E-state index contributed by atoms with van der Waals surface area (Å²) in [6, 6.07) is 13.9. The maximum atomic E-state index is 12.5. The van der Waals surface area contributed by atoms with Gasteiger partial charge in [0.15, 0.2) is 6.10 Å². The van der Waals surface area contributed by atoms with Crippen molar-refractivity contribution in [3.05, 3.63) is 76.9 Å². The molecule has 29 heavy (non-hydrogen) atoms. The molecule has 0 bridgehead atoms. The second kappa shape index (κ2) is 9.32. The lowest BCUT2D eigenvalue weighted by atomic mass is 9.86. The molecule has 0 unspecified atom stereocenters. The topological polar surface area (TPSA) is 69.7 Å². The molecule has 0 heterocycles. The van der Waals surface area contributed by atoms with Crippen LogP contribution in [0.15, 0.2) is 54.6 Å². The van der Waals surface area contributed by atoms with Crippen molar-refractivity contribution in [2.45, 2.75) is 39.2 Å². The number of methoxy groups -OCH3 is 1. The van der Waals surface area contributed by atoms with Gasteiger partial charge in [-0.2, -0.15) is 0 Å². The van der Waals surface area contributed by atoms with Crippen LogP contribution in [0.1, 0.15) is 59.5 Å². The summed E-state index contributed by atoms with van der Waals surface area (Å²) in [5, 5.41) is 0. The molecule has 0 N–H and O–H groups in total. The average Bonchev–Trinajstić information content (AvgIpc) is 2.70. The van der Waals surface area contributed by atoms with Gasteiger partial charge in [-0.3, -0.25) is 4.79 Å². The summed E-state index contributed by atoms with van der Waals surface area (Å²) in [6.45, 7) is 7.85. The summed E-state index contributed by atoms with van der Waals surface area (Å²) in [7, 11) is 1.31. The van der Waals surface area contributed by atoms with Gasteiger partial charge >= 0.3 is 11.9 Å². The number of Topliss-reactive ketones (excluding diaryl/α,β-unsaturated/α-hetero) is 1. The summed E-state index contributed by atoms with van der Waals surface area (Å²) in [6.07, 6.45) is 1.91. The zero-order valence-corrected chi connectivity index (χ0v) is 17.4. The quantitative estimate of drug-likeness (QED) is 0.407. The highest BCUT2D eigenvalue weighted by molar-refractivity contribution is 6.01. The lowest BCUT2D eigenvalue weighted by molar-refractivity contribution is -0.140. The Morgan fingerprint density at radius 1 is 0.897 bits per heavy atom. The van der Waals surface area contributed by atoms with Crippen LogP contribution >= 0.6 is 0 Å². The molecular weight excluding hydrogens is 368 g/mol. The van der Waals surface area contributed by atoms with Gasteiger partial charge in [0, 0.05) is 11.6 Å². The lowest BCUT2D eigenvalue weighted by Gasteiger charge is -2.19. The largest absolute Gasteiger partial charge is 0.465 e. The summed E-state index contributed by atoms with van der Waals surface area (Å²) in [5.41, 5.74) is 2.76. The molecule has 2 rings (SSSR count). The number of esters is 2. The van der Waals surface area contributed by atoms with Crippen LogP contribution in [0, 0.1) is 0 Å². The molecular formula is C24H26O5. The highest BCUT2D eigenvalue weighted by atomic mass is 16.5. The molecule has 0 radical (unpaired) electrons. The third-order valence-corrected chi connectivity index (χ3v) is 4.44. The molecule has 2 aromatic carbocycles. The van der Waals surface area contributed by atoms with Crippen molar-refractivity contribution in [3.8, 4) is 0 Å². The molecule has 0 aromatic heterocycles. The Morgan fingerprint density at radius 2 is 1.45 bits per heavy atom. The number of carbonyl (C=O) groups is 3. The van der Waals surface area contributed by atoms with Gasteiger partial charge in [-0.25, -0.2) is 9.59 Å². The fraction of sp³-hybridized carbons (Fsp3) is 0.292. The van der Waals surface area contributed by atoms with Crippen molar-refractivity contribution in [1.29, 1.82) is 0 Å². The number of hydrogen-bond acceptors (Lipinski definition) is 5. The third-order valence-electron chi connectivity index (χ3n) is 4.44. The van der Waals surface area contributed by atoms with E-state index in [1.54, 1.807) is 49.4 Å². The Bertz CT molecular complexity index is 900. The Labute approximate surface area is 171 Å². The molecule has 5 heteroatoms. The van der Waals surface area contributed by atoms with Crippen molar-refractivity contribution < 1.29 is 23.9 Å². The number of benzene rings is 2. The fourth-order valence-corrected chi connectivity index (χ4v) is 2.65. The van der Waals surface area contributed by atoms with E-state index in [4.69, 9.17) is 4.74 Å². The van der Waals surface area contributed by atoms with Gasteiger partial charge in [-0.15, -0.1) is 0 Å². The standard InChI is InChI=1S/C24H26O5/c1-16(22(26)18-11-13-20(14-12-18)24(2,3)4)29-21(25)15-8-17-6-9-19(10-7-17)23(27)28-5/h6-16H,1-5H3/b15-8+/t16-/m0/s1. The Morgan fingerprint density at radius 3 is 1.97 bits per heavy atom. The van der Waals surface area contributed by atoms with Crippen LogP contribution < -0.4 is 0 Å². The molecule has 0 fully saturated rings. The minimum absolute atomic E-state index is 0.000487. The van der Waals surface area contributed by atoms with Gasteiger partial charge in [0.2, 0.25) is 5.78 Å². The summed E-state index contributed by atoms with van der Waals surface area (Å²) in [5.74, 6) is -1.30. The first kappa shape index (κ1) is 22.1. The first-order valence-electron chi connectivity index (χ1n) is 9.33. The van der Waals surface area contributed by atoms with Gasteiger partial charge in [-0.1, -0.05) is 57.2 Å². The van der Waals surface area contributed by atoms with E-state index in [0.717, 1.165) is 5.56 Å².